The Labute approximate surface area is 119 Å². The van der Waals surface area contributed by atoms with E-state index in [4.69, 9.17) is 9.84 Å². The topological polar surface area (TPSA) is 97.2 Å². The Morgan fingerprint density at radius 1 is 1.26 bits per heavy atom. The molecule has 0 spiro atoms. The van der Waals surface area contributed by atoms with Crippen molar-refractivity contribution < 1.29 is 25.5 Å². The van der Waals surface area contributed by atoms with Crippen LogP contribution in [-0.2, 0) is 9.53 Å². The lowest BCUT2D eigenvalue weighted by molar-refractivity contribution is -0.414. The van der Waals surface area contributed by atoms with Crippen LogP contribution in [0.5, 0.6) is 0 Å². The van der Waals surface area contributed by atoms with Gasteiger partial charge >= 0.3 is 0 Å². The maximum atomic E-state index is 9.96. The Bertz CT molecular complexity index is 173. The number of aliphatic hydroxyl groups is 1. The molecule has 5 nitrogen and oxygen atoms in total. The van der Waals surface area contributed by atoms with Crippen molar-refractivity contribution >= 4 is 5.97 Å². The van der Waals surface area contributed by atoms with Crippen molar-refractivity contribution in [1.29, 1.82) is 0 Å². The van der Waals surface area contributed by atoms with Crippen molar-refractivity contribution in [3.63, 3.8) is 0 Å². The number of hydrogen-bond donors (Lipinski definition) is 2. The molecule has 0 rings (SSSR count). The molecule has 0 aromatic heterocycles. The average Bonchev–Trinajstić information content (AvgIpc) is 2.23. The number of aliphatic carboxylic acids is 1. The number of carboxylic acids is 1. The molecular formula is C14H35NO4. The molecule has 120 valence electrons. The first kappa shape index (κ1) is 26.8. The summed E-state index contributed by atoms with van der Waals surface area (Å²) in [6, 6.07) is 0.634. The molecule has 5 heteroatoms. The predicted octanol–water partition coefficient (Wildman–Crippen LogP) is 0.951. The Balaban J connectivity index is -0.000000139. The second kappa shape index (κ2) is 19.7. The smallest absolute Gasteiger partial charge is 0.151 e. The molecule has 19 heavy (non-hydrogen) atoms. The summed E-state index contributed by atoms with van der Waals surface area (Å²) in [6.45, 7) is 6.27. The van der Waals surface area contributed by atoms with Crippen molar-refractivity contribution in [3.05, 3.63) is 0 Å². The fraction of sp³-hybridized carbons (Fsp3) is 0.929. The minimum atomic E-state index is -1.01. The monoisotopic (exact) mass is 281 g/mol. The van der Waals surface area contributed by atoms with Crippen LogP contribution >= 0.6 is 0 Å². The summed E-state index contributed by atoms with van der Waals surface area (Å²) in [5.41, 5.74) is 3.76. The summed E-state index contributed by atoms with van der Waals surface area (Å²) in [5.74, 6) is -1.01. The van der Waals surface area contributed by atoms with Crippen molar-refractivity contribution in [2.24, 2.45) is 0 Å². The molecule has 0 fully saturated rings. The number of hydrogen-bond acceptors (Lipinski definition) is 4. The molecule has 2 atom stereocenters. The molecular weight excluding hydrogens is 246 g/mol. The fourth-order valence-electron chi connectivity index (χ4n) is 0.802. The van der Waals surface area contributed by atoms with E-state index in [1.807, 2.05) is 0 Å². The van der Waals surface area contributed by atoms with E-state index in [1.54, 1.807) is 6.92 Å². The van der Waals surface area contributed by atoms with Crippen LogP contribution in [-0.4, -0.2) is 30.0 Å². The standard InChI is InChI=1S/C8H16O4.C4H11N.2CH4/c1-7(9)12-6-4-2-3-5-8(10)11;1-3-4(2)5;;/h7,9H,2-6H2,1H3,(H,10,11);4H,3,5H2,1-2H3;2*1H4. The summed E-state index contributed by atoms with van der Waals surface area (Å²) in [6.07, 6.45) is 2.75. The lowest BCUT2D eigenvalue weighted by atomic mass is 10.2. The van der Waals surface area contributed by atoms with E-state index in [-0.39, 0.29) is 21.3 Å². The zero-order valence-electron chi connectivity index (χ0n) is 11.3. The quantitative estimate of drug-likeness (QED) is 0.511. The normalized spacial score (nSPS) is 12.1. The Morgan fingerprint density at radius 2 is 1.74 bits per heavy atom. The third-order valence-corrected chi connectivity index (χ3v) is 2.08. The molecule has 0 aliphatic carbocycles. The van der Waals surface area contributed by atoms with Gasteiger partial charge in [0.15, 0.2) is 6.29 Å². The zero-order chi connectivity index (χ0) is 13.7. The first-order chi connectivity index (χ1) is 7.90. The molecule has 0 radical (unpaired) electrons. The molecule has 0 saturated heterocycles. The first-order valence-corrected chi connectivity index (χ1v) is 6.22. The van der Waals surface area contributed by atoms with E-state index >= 15 is 0 Å². The highest BCUT2D eigenvalue weighted by molar-refractivity contribution is 5.63. The summed E-state index contributed by atoms with van der Waals surface area (Å²) in [7, 11) is 0. The van der Waals surface area contributed by atoms with Gasteiger partial charge in [-0.15, -0.1) is 0 Å². The first-order valence-electron chi connectivity index (χ1n) is 6.22. The van der Waals surface area contributed by atoms with Gasteiger partial charge in [-0.3, -0.25) is 0 Å². The molecule has 0 heterocycles. The van der Waals surface area contributed by atoms with Crippen LogP contribution in [0.15, 0.2) is 0 Å². The molecule has 0 aliphatic rings. The van der Waals surface area contributed by atoms with Crippen LogP contribution < -0.4 is 10.8 Å². The van der Waals surface area contributed by atoms with E-state index in [0.717, 1.165) is 12.8 Å². The molecule has 4 N–H and O–H groups in total. The third kappa shape index (κ3) is 38.2. The molecule has 0 aromatic carbocycles. The summed E-state index contributed by atoms with van der Waals surface area (Å²) >= 11 is 0. The molecule has 0 aromatic rings. The van der Waals surface area contributed by atoms with Crippen molar-refractivity contribution in [3.8, 4) is 0 Å². The number of carboxylic acid groups (broad SMARTS) is 1. The van der Waals surface area contributed by atoms with Gasteiger partial charge in [0.2, 0.25) is 0 Å². The van der Waals surface area contributed by atoms with Crippen LogP contribution in [0.3, 0.4) is 0 Å². The van der Waals surface area contributed by atoms with Gasteiger partial charge in [0, 0.05) is 12.6 Å². The van der Waals surface area contributed by atoms with Gasteiger partial charge in [0.25, 0.3) is 0 Å². The maximum absolute atomic E-state index is 9.96. The number of carbonyl (C=O) groups excluding carboxylic acids is 1. The van der Waals surface area contributed by atoms with Crippen molar-refractivity contribution in [1.82, 2.24) is 0 Å². The summed E-state index contributed by atoms with van der Waals surface area (Å²) < 4.78 is 4.84. The van der Waals surface area contributed by atoms with E-state index in [9.17, 15) is 9.90 Å². The summed E-state index contributed by atoms with van der Waals surface area (Å²) in [4.78, 5) is 9.96. The van der Waals surface area contributed by atoms with Crippen molar-refractivity contribution in [2.75, 3.05) is 6.61 Å². The Kier molecular flexibility index (Phi) is 27.8. The highest BCUT2D eigenvalue weighted by atomic mass is 16.6. The number of unbranched alkanes of at least 4 members (excludes halogenated alkanes) is 2. The SMILES string of the molecule is C.C.CC(O)OCCCCCC(=O)[O-].CCC(C)[NH3+]. The Morgan fingerprint density at radius 3 is 2.05 bits per heavy atom. The van der Waals surface area contributed by atoms with Gasteiger partial charge in [-0.25, -0.2) is 0 Å². The highest BCUT2D eigenvalue weighted by Gasteiger charge is 1.94. The van der Waals surface area contributed by atoms with Gasteiger partial charge in [0.05, 0.1) is 6.04 Å². The number of rotatable bonds is 8. The fourth-order valence-corrected chi connectivity index (χ4v) is 0.802. The number of carbonyl (C=O) groups is 1. The van der Waals surface area contributed by atoms with Gasteiger partial charge in [-0.1, -0.05) is 28.2 Å². The van der Waals surface area contributed by atoms with Gasteiger partial charge in [0.1, 0.15) is 0 Å². The molecule has 0 bridgehead atoms. The van der Waals surface area contributed by atoms with Gasteiger partial charge < -0.3 is 25.5 Å². The van der Waals surface area contributed by atoms with Crippen LogP contribution in [0, 0.1) is 0 Å². The molecule has 0 amide bonds. The van der Waals surface area contributed by atoms with Crippen LogP contribution in [0.25, 0.3) is 0 Å². The molecule has 0 aliphatic heterocycles. The minimum absolute atomic E-state index is 0. The second-order valence-electron chi connectivity index (χ2n) is 4.17. The summed E-state index contributed by atoms with van der Waals surface area (Å²) in [5, 5.41) is 18.6. The van der Waals surface area contributed by atoms with E-state index in [0.29, 0.717) is 19.1 Å². The minimum Gasteiger partial charge on any atom is -0.550 e. The largest absolute Gasteiger partial charge is 0.550 e. The average molecular weight is 281 g/mol. The zero-order valence-corrected chi connectivity index (χ0v) is 11.3. The van der Waals surface area contributed by atoms with Gasteiger partial charge in [-0.05, 0) is 39.5 Å². The molecule has 2 unspecified atom stereocenters. The number of ether oxygens (including phenoxy) is 1. The maximum Gasteiger partial charge on any atom is 0.151 e. The van der Waals surface area contributed by atoms with Crippen LogP contribution in [0.1, 0.15) is 67.7 Å². The van der Waals surface area contributed by atoms with Crippen molar-refractivity contribution in [2.45, 2.75) is 80.1 Å². The van der Waals surface area contributed by atoms with E-state index in [1.165, 1.54) is 6.42 Å². The second-order valence-corrected chi connectivity index (χ2v) is 4.17. The number of aliphatic hydroxyl groups excluding tert-OH is 1. The van der Waals surface area contributed by atoms with Gasteiger partial charge in [-0.2, -0.15) is 0 Å². The van der Waals surface area contributed by atoms with Crippen LogP contribution in [0.2, 0.25) is 0 Å². The Hall–Kier alpha value is -0.650. The third-order valence-electron chi connectivity index (χ3n) is 2.08. The lowest BCUT2D eigenvalue weighted by Crippen LogP contribution is -2.58. The number of quaternary nitrogens is 1. The lowest BCUT2D eigenvalue weighted by Gasteiger charge is -2.06. The van der Waals surface area contributed by atoms with E-state index < -0.39 is 12.3 Å². The van der Waals surface area contributed by atoms with E-state index in [2.05, 4.69) is 19.6 Å². The van der Waals surface area contributed by atoms with Crippen LogP contribution in [0.4, 0.5) is 0 Å². The highest BCUT2D eigenvalue weighted by Crippen LogP contribution is 1.99. The predicted molar refractivity (Wildman–Crippen MR) is 77.2 cm³/mol. The molecule has 0 saturated carbocycles.